The quantitative estimate of drug-likeness (QED) is 0.691. The monoisotopic (exact) mass is 412 g/mol. The van der Waals surface area contributed by atoms with Crippen LogP contribution in [0.15, 0.2) is 48.5 Å². The van der Waals surface area contributed by atoms with E-state index in [9.17, 15) is 14.0 Å². The van der Waals surface area contributed by atoms with Gasteiger partial charge >= 0.3 is 11.9 Å². The molecule has 0 spiro atoms. The smallest absolute Gasteiger partial charge is 0.338 e. The van der Waals surface area contributed by atoms with E-state index in [1.807, 2.05) is 0 Å². The molecule has 1 unspecified atom stereocenters. The van der Waals surface area contributed by atoms with Crippen molar-refractivity contribution in [2.24, 2.45) is 0 Å². The fraction of sp³-hybridized carbons (Fsp3) is 0.263. The average Bonchev–Trinajstić information content (AvgIpc) is 3.00. The Hall–Kier alpha value is -2.15. The highest BCUT2D eigenvalue weighted by Gasteiger charge is 2.41. The minimum Gasteiger partial charge on any atom is -0.459 e. The number of rotatable bonds is 5. The van der Waals surface area contributed by atoms with Crippen molar-refractivity contribution in [1.82, 2.24) is 0 Å². The summed E-state index contributed by atoms with van der Waals surface area (Å²) in [5.74, 6) is -1.32. The van der Waals surface area contributed by atoms with Gasteiger partial charge in [-0.2, -0.15) is 0 Å². The summed E-state index contributed by atoms with van der Waals surface area (Å²) in [4.78, 5) is 24.2. The van der Waals surface area contributed by atoms with Gasteiger partial charge < -0.3 is 14.2 Å². The fourth-order valence-corrected chi connectivity index (χ4v) is 2.79. The Balaban J connectivity index is 1.59. The van der Waals surface area contributed by atoms with E-state index < -0.39 is 30.3 Å². The van der Waals surface area contributed by atoms with Crippen LogP contribution in [-0.4, -0.2) is 43.5 Å². The third-order valence-electron chi connectivity index (χ3n) is 3.97. The lowest BCUT2D eigenvalue weighted by Crippen LogP contribution is -2.36. The normalized spacial score (nSPS) is 21.7. The summed E-state index contributed by atoms with van der Waals surface area (Å²) < 4.78 is 29.7. The zero-order chi connectivity index (χ0) is 19.4. The molecule has 1 saturated heterocycles. The maximum absolute atomic E-state index is 14.1. The number of hydrogen-bond donors (Lipinski definition) is 0. The van der Waals surface area contributed by atoms with Crippen molar-refractivity contribution in [2.75, 3.05) is 13.2 Å². The molecule has 142 valence electrons. The largest absolute Gasteiger partial charge is 0.459 e. The molecule has 2 aromatic rings. The van der Waals surface area contributed by atoms with Crippen LogP contribution in [-0.2, 0) is 14.2 Å². The van der Waals surface area contributed by atoms with E-state index >= 15 is 0 Å². The number of hydrogen-bond acceptors (Lipinski definition) is 5. The van der Waals surface area contributed by atoms with Crippen molar-refractivity contribution in [3.63, 3.8) is 0 Å². The van der Waals surface area contributed by atoms with Crippen LogP contribution >= 0.6 is 23.2 Å². The summed E-state index contributed by atoms with van der Waals surface area (Å²) in [5.41, 5.74) is 0.527. The Morgan fingerprint density at radius 3 is 2.04 bits per heavy atom. The Labute approximate surface area is 164 Å². The molecule has 0 radical (unpaired) electrons. The summed E-state index contributed by atoms with van der Waals surface area (Å²) in [6, 6.07) is 12.1. The molecule has 1 fully saturated rings. The molecular weight excluding hydrogens is 398 g/mol. The maximum Gasteiger partial charge on any atom is 0.338 e. The van der Waals surface area contributed by atoms with Crippen molar-refractivity contribution in [1.29, 1.82) is 0 Å². The van der Waals surface area contributed by atoms with Crippen LogP contribution in [0, 0.1) is 0 Å². The first-order chi connectivity index (χ1) is 12.9. The van der Waals surface area contributed by atoms with E-state index in [1.165, 1.54) is 36.4 Å². The summed E-state index contributed by atoms with van der Waals surface area (Å²) in [6.45, 7) is -0.498. The summed E-state index contributed by atoms with van der Waals surface area (Å²) in [6.07, 6.45) is -3.58. The number of halogens is 3. The number of esters is 2. The van der Waals surface area contributed by atoms with Gasteiger partial charge in [-0.25, -0.2) is 14.0 Å². The van der Waals surface area contributed by atoms with Crippen molar-refractivity contribution in [2.45, 2.75) is 18.4 Å². The van der Waals surface area contributed by atoms with Crippen LogP contribution in [0.1, 0.15) is 20.7 Å². The molecule has 0 saturated carbocycles. The van der Waals surface area contributed by atoms with Crippen LogP contribution in [0.5, 0.6) is 0 Å². The van der Waals surface area contributed by atoms with Crippen LogP contribution in [0.2, 0.25) is 10.0 Å². The Morgan fingerprint density at radius 1 is 0.963 bits per heavy atom. The second-order valence-electron chi connectivity index (χ2n) is 5.87. The molecule has 0 aromatic heterocycles. The topological polar surface area (TPSA) is 61.8 Å². The third-order valence-corrected chi connectivity index (χ3v) is 4.48. The van der Waals surface area contributed by atoms with Gasteiger partial charge in [-0.1, -0.05) is 23.2 Å². The molecule has 1 aliphatic rings. The average molecular weight is 413 g/mol. The van der Waals surface area contributed by atoms with Crippen molar-refractivity contribution in [3.8, 4) is 0 Å². The van der Waals surface area contributed by atoms with E-state index in [0.717, 1.165) is 0 Å². The Bertz CT molecular complexity index is 810. The van der Waals surface area contributed by atoms with E-state index in [-0.39, 0.29) is 18.8 Å². The molecule has 8 heteroatoms. The highest BCUT2D eigenvalue weighted by molar-refractivity contribution is 6.30. The van der Waals surface area contributed by atoms with E-state index in [0.29, 0.717) is 15.6 Å². The van der Waals surface area contributed by atoms with Gasteiger partial charge in [-0.05, 0) is 48.5 Å². The molecule has 1 aliphatic heterocycles. The summed E-state index contributed by atoms with van der Waals surface area (Å²) >= 11 is 11.5. The van der Waals surface area contributed by atoms with Gasteiger partial charge in [0.15, 0.2) is 12.3 Å². The summed E-state index contributed by atoms with van der Waals surface area (Å²) in [5, 5.41) is 0.950. The zero-order valence-corrected chi connectivity index (χ0v) is 15.5. The summed E-state index contributed by atoms with van der Waals surface area (Å²) in [7, 11) is 0. The highest BCUT2D eigenvalue weighted by atomic mass is 35.5. The molecule has 2 aromatic carbocycles. The third kappa shape index (κ3) is 4.97. The second-order valence-corrected chi connectivity index (χ2v) is 6.74. The van der Waals surface area contributed by atoms with Crippen LogP contribution in [0.3, 0.4) is 0 Å². The van der Waals surface area contributed by atoms with Gasteiger partial charge in [0.25, 0.3) is 0 Å². The molecule has 27 heavy (non-hydrogen) atoms. The van der Waals surface area contributed by atoms with Crippen molar-refractivity contribution >= 4 is 35.1 Å². The molecule has 1 heterocycles. The van der Waals surface area contributed by atoms with Gasteiger partial charge in [0.2, 0.25) is 0 Å². The first-order valence-corrected chi connectivity index (χ1v) is 8.84. The van der Waals surface area contributed by atoms with Crippen molar-refractivity contribution < 1.29 is 28.2 Å². The molecule has 0 aliphatic carbocycles. The molecule has 0 amide bonds. The van der Waals surface area contributed by atoms with Gasteiger partial charge in [0, 0.05) is 10.0 Å². The van der Waals surface area contributed by atoms with Crippen LogP contribution < -0.4 is 0 Å². The number of carbonyl (C=O) groups excluding carboxylic acids is 2. The molecule has 5 nitrogen and oxygen atoms in total. The molecule has 3 rings (SSSR count). The first kappa shape index (κ1) is 19.6. The van der Waals surface area contributed by atoms with E-state index in [1.54, 1.807) is 12.1 Å². The number of benzene rings is 2. The minimum absolute atomic E-state index is 0.232. The highest BCUT2D eigenvalue weighted by Crippen LogP contribution is 2.23. The Morgan fingerprint density at radius 2 is 1.48 bits per heavy atom. The predicted octanol–water partition coefficient (Wildman–Crippen LogP) is 4.11. The van der Waals surface area contributed by atoms with Crippen molar-refractivity contribution in [3.05, 3.63) is 69.7 Å². The number of alkyl halides is 1. The Kier molecular flexibility index (Phi) is 6.31. The lowest BCUT2D eigenvalue weighted by Gasteiger charge is -2.20. The second kappa shape index (κ2) is 8.69. The van der Waals surface area contributed by atoms with Gasteiger partial charge in [-0.3, -0.25) is 0 Å². The lowest BCUT2D eigenvalue weighted by molar-refractivity contribution is -0.0326. The van der Waals surface area contributed by atoms with Crippen LogP contribution in [0.25, 0.3) is 0 Å². The SMILES string of the molecule is O=C(OCC1OC[C@@H](F)[C@@H]1OC(=O)c1ccc(Cl)cc1)c1ccc(Cl)cc1. The van der Waals surface area contributed by atoms with Gasteiger partial charge in [0.1, 0.15) is 12.7 Å². The minimum atomic E-state index is -1.51. The van der Waals surface area contributed by atoms with Gasteiger partial charge in [-0.15, -0.1) is 0 Å². The fourth-order valence-electron chi connectivity index (χ4n) is 2.54. The van der Waals surface area contributed by atoms with Crippen LogP contribution in [0.4, 0.5) is 4.39 Å². The molecular formula is C19H15Cl2FO5. The van der Waals surface area contributed by atoms with E-state index in [2.05, 4.69) is 0 Å². The molecule has 0 bridgehead atoms. The molecule has 0 N–H and O–H groups in total. The first-order valence-electron chi connectivity index (χ1n) is 8.09. The lowest BCUT2D eigenvalue weighted by atomic mass is 10.1. The number of carbonyl (C=O) groups is 2. The van der Waals surface area contributed by atoms with Gasteiger partial charge in [0.05, 0.1) is 17.7 Å². The van der Waals surface area contributed by atoms with E-state index in [4.69, 9.17) is 37.4 Å². The predicted molar refractivity (Wildman–Crippen MR) is 97.0 cm³/mol. The maximum atomic E-state index is 14.1. The standard InChI is InChI=1S/C19H15Cl2FO5/c20-13-5-1-11(2-6-13)18(23)26-10-16-17(15(22)9-25-16)27-19(24)12-3-7-14(21)8-4-12/h1-8,15-17H,9-10H2/t15-,16?,17+/m1/s1. The molecule has 3 atom stereocenters. The zero-order valence-electron chi connectivity index (χ0n) is 13.9. The number of ether oxygens (including phenoxy) is 3.